The zero-order valence-electron chi connectivity index (χ0n) is 19.2. The van der Waals surface area contributed by atoms with Crippen molar-refractivity contribution in [3.8, 4) is 0 Å². The number of imidazole rings is 1. The first-order valence-corrected chi connectivity index (χ1v) is 11.7. The van der Waals surface area contributed by atoms with E-state index < -0.39 is 0 Å². The normalized spacial score (nSPS) is 15.0. The number of aryl methyl sites for hydroxylation is 1. The topological polar surface area (TPSA) is 69.7 Å². The van der Waals surface area contributed by atoms with E-state index in [1.807, 2.05) is 43.0 Å². The van der Waals surface area contributed by atoms with Crippen LogP contribution >= 0.6 is 17.0 Å². The number of pyridine rings is 2. The molecule has 34 heavy (non-hydrogen) atoms. The van der Waals surface area contributed by atoms with Crippen molar-refractivity contribution in [3.63, 3.8) is 0 Å². The number of H-pyrrole nitrogens is 1. The zero-order chi connectivity index (χ0) is 22.3. The minimum Gasteiger partial charge on any atom is -0.348 e. The molecule has 0 fully saturated rings. The van der Waals surface area contributed by atoms with E-state index in [-0.39, 0.29) is 17.0 Å². The molecule has 1 atom stereocenters. The Balaban J connectivity index is 0.00000274. The molecule has 3 heterocycles. The lowest BCUT2D eigenvalue weighted by molar-refractivity contribution is 0.153. The van der Waals surface area contributed by atoms with Crippen molar-refractivity contribution in [2.24, 2.45) is 0 Å². The van der Waals surface area contributed by atoms with Gasteiger partial charge in [-0.05, 0) is 54.2 Å². The number of fused-ring (bicyclic) bond motifs is 1. The van der Waals surface area contributed by atoms with Crippen LogP contribution in [0.4, 0.5) is 0 Å². The smallest absolute Gasteiger partial charge is 0.120 e. The highest BCUT2D eigenvalue weighted by atomic mass is 79.9. The number of rotatable bonds is 9. The van der Waals surface area contributed by atoms with E-state index in [2.05, 4.69) is 61.6 Å². The fourth-order valence-electron chi connectivity index (χ4n) is 4.63. The van der Waals surface area contributed by atoms with Crippen LogP contribution in [0.1, 0.15) is 52.8 Å². The first-order chi connectivity index (χ1) is 16.3. The third-order valence-corrected chi connectivity index (χ3v) is 6.28. The molecule has 176 valence electrons. The van der Waals surface area contributed by atoms with Crippen LogP contribution in [0.15, 0.2) is 79.4 Å². The summed E-state index contributed by atoms with van der Waals surface area (Å²) in [7, 11) is 0. The summed E-state index contributed by atoms with van der Waals surface area (Å²) >= 11 is 0. The Morgan fingerprint density at radius 2 is 1.71 bits per heavy atom. The first-order valence-electron chi connectivity index (χ1n) is 11.7. The average Bonchev–Trinajstić information content (AvgIpc) is 3.38. The highest BCUT2D eigenvalue weighted by Crippen LogP contribution is 2.34. The number of aromatic amines is 1. The van der Waals surface area contributed by atoms with E-state index in [0.29, 0.717) is 6.04 Å². The lowest BCUT2D eigenvalue weighted by atomic mass is 9.90. The summed E-state index contributed by atoms with van der Waals surface area (Å²) in [5, 5.41) is 3.48. The molecule has 6 nitrogen and oxygen atoms in total. The molecule has 1 aliphatic rings. The van der Waals surface area contributed by atoms with Crippen molar-refractivity contribution in [1.82, 2.24) is 30.2 Å². The maximum Gasteiger partial charge on any atom is 0.120 e. The number of nitrogens with one attached hydrogen (secondary N) is 2. The fourth-order valence-corrected chi connectivity index (χ4v) is 4.63. The van der Waals surface area contributed by atoms with Gasteiger partial charge in [-0.3, -0.25) is 14.9 Å². The molecule has 0 saturated carbocycles. The van der Waals surface area contributed by atoms with Gasteiger partial charge in [0, 0.05) is 44.4 Å². The van der Waals surface area contributed by atoms with Crippen LogP contribution in [0.25, 0.3) is 0 Å². The van der Waals surface area contributed by atoms with Crippen molar-refractivity contribution in [1.29, 1.82) is 0 Å². The van der Waals surface area contributed by atoms with Gasteiger partial charge in [-0.1, -0.05) is 36.4 Å². The molecule has 0 saturated heterocycles. The average molecular weight is 519 g/mol. The molecule has 0 amide bonds. The lowest BCUT2D eigenvalue weighted by Crippen LogP contribution is -2.31. The van der Waals surface area contributed by atoms with Crippen molar-refractivity contribution in [2.75, 3.05) is 0 Å². The predicted molar refractivity (Wildman–Crippen MR) is 139 cm³/mol. The van der Waals surface area contributed by atoms with E-state index >= 15 is 0 Å². The minimum absolute atomic E-state index is 0. The predicted octanol–water partition coefficient (Wildman–Crippen LogP) is 5.15. The number of halogens is 1. The van der Waals surface area contributed by atoms with Crippen LogP contribution < -0.4 is 5.32 Å². The van der Waals surface area contributed by atoms with Crippen molar-refractivity contribution in [3.05, 3.63) is 113 Å². The van der Waals surface area contributed by atoms with Crippen LogP contribution in [0.5, 0.6) is 0 Å². The first kappa shape index (κ1) is 24.3. The Kier molecular flexibility index (Phi) is 8.57. The van der Waals surface area contributed by atoms with Gasteiger partial charge in [0.1, 0.15) is 5.82 Å². The summed E-state index contributed by atoms with van der Waals surface area (Å²) in [6, 6.07) is 19.5. The number of nitrogens with zero attached hydrogens (tertiary/aromatic N) is 4. The SMILES string of the molecule is Br.c1ccc(CNCc2ccc(CN(Cc3ncc[nH]3)C3CCCc4cccnc43)cc2)nc1. The fraction of sp³-hybridized carbons (Fsp3) is 0.296. The summed E-state index contributed by atoms with van der Waals surface area (Å²) in [5.41, 5.74) is 6.25. The van der Waals surface area contributed by atoms with Gasteiger partial charge >= 0.3 is 0 Å². The van der Waals surface area contributed by atoms with Gasteiger partial charge in [0.05, 0.1) is 24.0 Å². The Morgan fingerprint density at radius 1 is 0.853 bits per heavy atom. The second-order valence-corrected chi connectivity index (χ2v) is 8.64. The van der Waals surface area contributed by atoms with Crippen molar-refractivity contribution in [2.45, 2.75) is 51.5 Å². The standard InChI is InChI=1S/C27H30N6.BrH/c1-2-13-29-24(7-1)18-28-17-21-9-11-22(12-10-21)19-33(20-26-30-15-16-31-26)25-8-3-5-23-6-4-14-32-27(23)25;/h1-2,4,6-7,9-16,25,28H,3,5,8,17-20H2,(H,30,31);1H. The number of aromatic nitrogens is 4. The van der Waals surface area contributed by atoms with Crippen LogP contribution in [-0.2, 0) is 32.6 Å². The van der Waals surface area contributed by atoms with Gasteiger partial charge < -0.3 is 10.3 Å². The third-order valence-electron chi connectivity index (χ3n) is 6.28. The molecule has 1 aliphatic carbocycles. The molecular weight excluding hydrogens is 488 g/mol. The van der Waals surface area contributed by atoms with Gasteiger partial charge in [0.2, 0.25) is 0 Å². The summed E-state index contributed by atoms with van der Waals surface area (Å²) in [5.74, 6) is 0.994. The van der Waals surface area contributed by atoms with Gasteiger partial charge in [-0.25, -0.2) is 4.98 Å². The molecule has 0 bridgehead atoms. The largest absolute Gasteiger partial charge is 0.348 e. The maximum atomic E-state index is 4.78. The third kappa shape index (κ3) is 6.17. The summed E-state index contributed by atoms with van der Waals surface area (Å²) in [6.07, 6.45) is 10.9. The molecule has 5 rings (SSSR count). The summed E-state index contributed by atoms with van der Waals surface area (Å²) in [6.45, 7) is 3.24. The number of benzene rings is 1. The Hall–Kier alpha value is -2.87. The molecule has 7 heteroatoms. The highest BCUT2D eigenvalue weighted by molar-refractivity contribution is 8.93. The maximum absolute atomic E-state index is 4.78. The van der Waals surface area contributed by atoms with Gasteiger partial charge in [-0.2, -0.15) is 0 Å². The van der Waals surface area contributed by atoms with E-state index in [1.165, 1.54) is 28.8 Å². The van der Waals surface area contributed by atoms with Crippen LogP contribution in [0.3, 0.4) is 0 Å². The van der Waals surface area contributed by atoms with Crippen molar-refractivity contribution >= 4 is 17.0 Å². The minimum atomic E-state index is 0. The van der Waals surface area contributed by atoms with Crippen LogP contribution in [0, 0.1) is 0 Å². The van der Waals surface area contributed by atoms with Gasteiger partial charge in [0.25, 0.3) is 0 Å². The van der Waals surface area contributed by atoms with E-state index in [1.54, 1.807) is 0 Å². The van der Waals surface area contributed by atoms with Gasteiger partial charge in [0.15, 0.2) is 0 Å². The van der Waals surface area contributed by atoms with E-state index in [0.717, 1.165) is 50.5 Å². The molecule has 1 aromatic carbocycles. The van der Waals surface area contributed by atoms with E-state index in [4.69, 9.17) is 4.98 Å². The zero-order valence-corrected chi connectivity index (χ0v) is 20.9. The summed E-state index contributed by atoms with van der Waals surface area (Å²) < 4.78 is 0. The molecule has 1 unspecified atom stereocenters. The van der Waals surface area contributed by atoms with E-state index in [9.17, 15) is 0 Å². The number of hydrogen-bond donors (Lipinski definition) is 2. The highest BCUT2D eigenvalue weighted by Gasteiger charge is 2.27. The second-order valence-electron chi connectivity index (χ2n) is 8.64. The Bertz CT molecular complexity index is 1130. The molecule has 4 aromatic rings. The number of hydrogen-bond acceptors (Lipinski definition) is 5. The van der Waals surface area contributed by atoms with Crippen molar-refractivity contribution < 1.29 is 0 Å². The molecule has 0 radical (unpaired) electrons. The summed E-state index contributed by atoms with van der Waals surface area (Å²) in [4.78, 5) is 19.4. The lowest BCUT2D eigenvalue weighted by Gasteiger charge is -2.34. The molecule has 3 aromatic heterocycles. The molecule has 0 spiro atoms. The molecule has 2 N–H and O–H groups in total. The van der Waals surface area contributed by atoms with Crippen LogP contribution in [-0.4, -0.2) is 24.8 Å². The van der Waals surface area contributed by atoms with Gasteiger partial charge in [-0.15, -0.1) is 17.0 Å². The Labute approximate surface area is 211 Å². The second kappa shape index (κ2) is 12.0. The monoisotopic (exact) mass is 518 g/mol. The molecule has 0 aliphatic heterocycles. The Morgan fingerprint density at radius 3 is 2.50 bits per heavy atom. The molecular formula is C27H31BrN6. The van der Waals surface area contributed by atoms with Crippen LogP contribution in [0.2, 0.25) is 0 Å². The quantitative estimate of drug-likeness (QED) is 0.320.